The molecular weight excluding hydrogens is 368 g/mol. The van der Waals surface area contributed by atoms with Gasteiger partial charge >= 0.3 is 18.0 Å². The number of nitrogens with zero attached hydrogens (tertiary/aromatic N) is 1. The van der Waals surface area contributed by atoms with E-state index in [2.05, 4.69) is 5.32 Å². The van der Waals surface area contributed by atoms with Crippen molar-refractivity contribution in [1.29, 1.82) is 0 Å². The van der Waals surface area contributed by atoms with Gasteiger partial charge < -0.3 is 23.8 Å². The normalized spacial score (nSPS) is 14.4. The fraction of sp³-hybridized carbons (Fsp3) is 0.421. The molecule has 1 heterocycles. The van der Waals surface area contributed by atoms with Gasteiger partial charge in [-0.1, -0.05) is 6.07 Å². The van der Waals surface area contributed by atoms with Crippen molar-refractivity contribution in [3.63, 3.8) is 0 Å². The highest BCUT2D eigenvalue weighted by atomic mass is 16.6. The highest BCUT2D eigenvalue weighted by Crippen LogP contribution is 2.28. The summed E-state index contributed by atoms with van der Waals surface area (Å²) in [5, 5.41) is 2.63. The van der Waals surface area contributed by atoms with Gasteiger partial charge in [0.2, 0.25) is 0 Å². The molecule has 0 atom stereocenters. The molecule has 0 aliphatic carbocycles. The summed E-state index contributed by atoms with van der Waals surface area (Å²) in [6.45, 7) is 5.21. The summed E-state index contributed by atoms with van der Waals surface area (Å²) in [6, 6.07) is 6.67. The van der Waals surface area contributed by atoms with Crippen LogP contribution in [-0.4, -0.2) is 51.2 Å². The number of carbonyl (C=O) groups is 3. The van der Waals surface area contributed by atoms with Gasteiger partial charge in [-0.2, -0.15) is 0 Å². The average Bonchev–Trinajstić information content (AvgIpc) is 2.64. The van der Waals surface area contributed by atoms with Gasteiger partial charge in [-0.05, 0) is 39.0 Å². The lowest BCUT2D eigenvalue weighted by Crippen LogP contribution is -2.38. The minimum absolute atomic E-state index is 0.0147. The Morgan fingerprint density at radius 2 is 1.79 bits per heavy atom. The van der Waals surface area contributed by atoms with E-state index in [4.69, 9.17) is 18.9 Å². The first-order valence-electron chi connectivity index (χ1n) is 8.51. The summed E-state index contributed by atoms with van der Waals surface area (Å²) in [5.74, 6) is -1.39. The minimum atomic E-state index is -0.700. The van der Waals surface area contributed by atoms with E-state index >= 15 is 0 Å². The summed E-state index contributed by atoms with van der Waals surface area (Å²) in [4.78, 5) is 37.9. The lowest BCUT2D eigenvalue weighted by Gasteiger charge is -2.31. The number of hydrogen-bond donors (Lipinski definition) is 1. The Morgan fingerprint density at radius 1 is 1.11 bits per heavy atom. The van der Waals surface area contributed by atoms with Crippen LogP contribution in [0.1, 0.15) is 20.8 Å². The Hall–Kier alpha value is -3.07. The Labute approximate surface area is 163 Å². The van der Waals surface area contributed by atoms with Gasteiger partial charge in [0.25, 0.3) is 0 Å². The molecule has 0 aromatic heterocycles. The summed E-state index contributed by atoms with van der Waals surface area (Å²) in [6.07, 6.45) is -0.612. The van der Waals surface area contributed by atoms with Crippen molar-refractivity contribution < 1.29 is 33.3 Å². The first-order chi connectivity index (χ1) is 13.2. The number of carbonyl (C=O) groups excluding carboxylic acids is 3. The number of amides is 1. The van der Waals surface area contributed by atoms with Crippen molar-refractivity contribution in [2.24, 2.45) is 0 Å². The van der Waals surface area contributed by atoms with Crippen LogP contribution in [0.2, 0.25) is 0 Å². The molecule has 1 amide bonds. The molecule has 0 radical (unpaired) electrons. The van der Waals surface area contributed by atoms with Crippen LogP contribution in [0.3, 0.4) is 0 Å². The maximum absolute atomic E-state index is 12.3. The van der Waals surface area contributed by atoms with E-state index in [-0.39, 0.29) is 24.6 Å². The Kier molecular flexibility index (Phi) is 6.63. The highest BCUT2D eigenvalue weighted by molar-refractivity contribution is 6.03. The lowest BCUT2D eigenvalue weighted by atomic mass is 10.1. The van der Waals surface area contributed by atoms with Crippen molar-refractivity contribution in [2.45, 2.75) is 26.4 Å². The topological polar surface area (TPSA) is 103 Å². The van der Waals surface area contributed by atoms with Crippen LogP contribution >= 0.6 is 0 Å². The second-order valence-corrected chi connectivity index (χ2v) is 6.89. The molecular formula is C19H24N2O7. The number of benzene rings is 1. The highest BCUT2D eigenvalue weighted by Gasteiger charge is 2.32. The molecule has 28 heavy (non-hydrogen) atoms. The van der Waals surface area contributed by atoms with E-state index in [0.29, 0.717) is 11.4 Å². The molecule has 0 unspecified atom stereocenters. The van der Waals surface area contributed by atoms with E-state index in [0.717, 1.165) is 0 Å². The zero-order valence-corrected chi connectivity index (χ0v) is 16.5. The van der Waals surface area contributed by atoms with Gasteiger partial charge in [0.1, 0.15) is 18.0 Å². The Balaban J connectivity index is 2.36. The van der Waals surface area contributed by atoms with Crippen LogP contribution in [0.15, 0.2) is 35.5 Å². The molecule has 0 spiro atoms. The second-order valence-electron chi connectivity index (χ2n) is 6.89. The van der Waals surface area contributed by atoms with Crippen LogP contribution < -0.4 is 10.2 Å². The first-order valence-corrected chi connectivity index (χ1v) is 8.51. The molecule has 1 aliphatic rings. The van der Waals surface area contributed by atoms with Gasteiger partial charge in [0.05, 0.1) is 26.4 Å². The number of ether oxygens (including phenoxy) is 4. The van der Waals surface area contributed by atoms with E-state index < -0.39 is 23.6 Å². The monoisotopic (exact) mass is 392 g/mol. The van der Waals surface area contributed by atoms with Crippen molar-refractivity contribution in [3.8, 4) is 0 Å². The standard InChI is InChI=1S/C19H24N2O7/c1-19(2,3)28-18(24)20-12-7-6-8-13(9-12)21-11-27-10-14(16(22)25-4)15(21)17(23)26-5/h6-9H,10-11H2,1-5H3,(H,20,24). The third-order valence-electron chi connectivity index (χ3n) is 3.64. The SMILES string of the molecule is COC(=O)C1=C(C(=O)OC)N(c2cccc(NC(=O)OC(C)(C)C)c2)COC1. The summed E-state index contributed by atoms with van der Waals surface area (Å²) in [5.41, 5.74) is 0.385. The van der Waals surface area contributed by atoms with E-state index in [1.165, 1.54) is 19.1 Å². The van der Waals surface area contributed by atoms with E-state index in [1.54, 1.807) is 45.0 Å². The summed E-state index contributed by atoms with van der Waals surface area (Å²) >= 11 is 0. The molecule has 0 fully saturated rings. The molecule has 1 aromatic rings. The smallest absolute Gasteiger partial charge is 0.412 e. The van der Waals surface area contributed by atoms with Crippen molar-refractivity contribution in [1.82, 2.24) is 0 Å². The Morgan fingerprint density at radius 3 is 2.39 bits per heavy atom. The first kappa shape index (κ1) is 21.2. The molecule has 0 saturated heterocycles. The van der Waals surface area contributed by atoms with Crippen molar-refractivity contribution in [3.05, 3.63) is 35.5 Å². The third kappa shape index (κ3) is 5.23. The van der Waals surface area contributed by atoms with Crippen LogP contribution in [-0.2, 0) is 28.5 Å². The van der Waals surface area contributed by atoms with Crippen LogP contribution in [0, 0.1) is 0 Å². The fourth-order valence-electron chi connectivity index (χ4n) is 2.52. The third-order valence-corrected chi connectivity index (χ3v) is 3.64. The van der Waals surface area contributed by atoms with Crippen molar-refractivity contribution in [2.75, 3.05) is 37.8 Å². The molecule has 2 rings (SSSR count). The molecule has 1 aliphatic heterocycles. The molecule has 1 N–H and O–H groups in total. The number of anilines is 2. The van der Waals surface area contributed by atoms with Gasteiger partial charge in [0, 0.05) is 11.4 Å². The van der Waals surface area contributed by atoms with Gasteiger partial charge in [-0.3, -0.25) is 5.32 Å². The summed E-state index contributed by atoms with van der Waals surface area (Å²) in [7, 11) is 2.44. The van der Waals surface area contributed by atoms with Crippen LogP contribution in [0.25, 0.3) is 0 Å². The fourth-order valence-corrected chi connectivity index (χ4v) is 2.52. The van der Waals surface area contributed by atoms with Gasteiger partial charge in [0.15, 0.2) is 0 Å². The largest absolute Gasteiger partial charge is 0.466 e. The predicted molar refractivity (Wildman–Crippen MR) is 101 cm³/mol. The molecule has 0 bridgehead atoms. The van der Waals surface area contributed by atoms with E-state index in [1.807, 2.05) is 0 Å². The quantitative estimate of drug-likeness (QED) is 0.616. The van der Waals surface area contributed by atoms with E-state index in [9.17, 15) is 14.4 Å². The van der Waals surface area contributed by atoms with Crippen molar-refractivity contribution >= 4 is 29.4 Å². The zero-order chi connectivity index (χ0) is 20.9. The number of nitrogens with one attached hydrogen (secondary N) is 1. The second kappa shape index (κ2) is 8.75. The van der Waals surface area contributed by atoms with Crippen LogP contribution in [0.4, 0.5) is 16.2 Å². The number of hydrogen-bond acceptors (Lipinski definition) is 8. The lowest BCUT2D eigenvalue weighted by molar-refractivity contribution is -0.140. The minimum Gasteiger partial charge on any atom is -0.466 e. The molecule has 152 valence electrons. The predicted octanol–water partition coefficient (Wildman–Crippen LogP) is 2.43. The molecule has 9 nitrogen and oxygen atoms in total. The zero-order valence-electron chi connectivity index (χ0n) is 16.5. The average molecular weight is 392 g/mol. The number of rotatable bonds is 4. The summed E-state index contributed by atoms with van der Waals surface area (Å²) < 4.78 is 20.2. The number of methoxy groups -OCH3 is 2. The maximum atomic E-state index is 12.3. The maximum Gasteiger partial charge on any atom is 0.412 e. The molecule has 0 saturated carbocycles. The van der Waals surface area contributed by atoms with Gasteiger partial charge in [-0.15, -0.1) is 0 Å². The Bertz CT molecular complexity index is 796. The number of esters is 2. The molecule has 9 heteroatoms. The van der Waals surface area contributed by atoms with Crippen LogP contribution in [0.5, 0.6) is 0 Å². The molecule has 1 aromatic carbocycles. The van der Waals surface area contributed by atoms with Gasteiger partial charge in [-0.25, -0.2) is 14.4 Å².